The first kappa shape index (κ1) is 15.7. The van der Waals surface area contributed by atoms with Crippen molar-refractivity contribution in [3.63, 3.8) is 0 Å². The van der Waals surface area contributed by atoms with Gasteiger partial charge < -0.3 is 4.74 Å². The summed E-state index contributed by atoms with van der Waals surface area (Å²) in [7, 11) is 1.39. The normalized spacial score (nSPS) is 21.6. The number of ether oxygens (including phenoxy) is 1. The highest BCUT2D eigenvalue weighted by molar-refractivity contribution is 5.32. The summed E-state index contributed by atoms with van der Waals surface area (Å²) in [5, 5.41) is 0. The molecule has 1 aromatic carbocycles. The van der Waals surface area contributed by atoms with Crippen molar-refractivity contribution in [1.82, 2.24) is 9.88 Å². The van der Waals surface area contributed by atoms with Crippen LogP contribution in [-0.2, 0) is 5.79 Å². The quantitative estimate of drug-likeness (QED) is 0.481. The number of pyridine rings is 1. The Hall–Kier alpha value is -2.15. The van der Waals surface area contributed by atoms with E-state index < -0.39 is 34.8 Å². The first-order valence-electron chi connectivity index (χ1n) is 7.11. The molecule has 0 saturated carbocycles. The summed E-state index contributed by atoms with van der Waals surface area (Å²) in [4.78, 5) is 4.43. The number of benzene rings is 1. The number of nitrogens with zero attached hydrogens (tertiary/aromatic N) is 2. The standard InChI is InChI=1S/C16H14F4N2O/c1-22-9-5-8-16(22,20)11-12(17)13(18)15(21-14(11)19)23-10-6-3-2-4-7-10/h2-4,6-7H,5,8-9H2,1H3. The van der Waals surface area contributed by atoms with E-state index in [4.69, 9.17) is 4.74 Å². The second-order valence-electron chi connectivity index (χ2n) is 5.41. The van der Waals surface area contributed by atoms with Gasteiger partial charge in [0.2, 0.25) is 11.8 Å². The van der Waals surface area contributed by atoms with Crippen LogP contribution in [-0.4, -0.2) is 23.5 Å². The number of hydrogen-bond acceptors (Lipinski definition) is 3. The highest BCUT2D eigenvalue weighted by atomic mass is 19.2. The van der Waals surface area contributed by atoms with Crippen molar-refractivity contribution in [3.8, 4) is 11.6 Å². The van der Waals surface area contributed by atoms with Crippen molar-refractivity contribution < 1.29 is 22.3 Å². The minimum atomic E-state index is -2.41. The maximum absolute atomic E-state index is 14.9. The maximum atomic E-state index is 14.9. The Kier molecular flexibility index (Phi) is 3.97. The molecule has 23 heavy (non-hydrogen) atoms. The summed E-state index contributed by atoms with van der Waals surface area (Å²) in [5.74, 6) is -7.64. The zero-order valence-corrected chi connectivity index (χ0v) is 12.3. The molecule has 3 nitrogen and oxygen atoms in total. The van der Waals surface area contributed by atoms with Gasteiger partial charge >= 0.3 is 0 Å². The number of aromatic nitrogens is 1. The van der Waals surface area contributed by atoms with E-state index in [1.807, 2.05) is 0 Å². The van der Waals surface area contributed by atoms with Gasteiger partial charge in [-0.15, -0.1) is 0 Å². The molecular formula is C16H14F4N2O. The lowest BCUT2D eigenvalue weighted by atomic mass is 10.0. The molecule has 0 N–H and O–H groups in total. The molecule has 1 unspecified atom stereocenters. The summed E-state index contributed by atoms with van der Waals surface area (Å²) in [6.07, 6.45) is 0.285. The monoisotopic (exact) mass is 326 g/mol. The van der Waals surface area contributed by atoms with E-state index in [0.29, 0.717) is 13.0 Å². The van der Waals surface area contributed by atoms with Crippen LogP contribution < -0.4 is 4.74 Å². The van der Waals surface area contributed by atoms with Crippen molar-refractivity contribution in [1.29, 1.82) is 0 Å². The Balaban J connectivity index is 2.04. The molecule has 2 heterocycles. The highest BCUT2D eigenvalue weighted by Crippen LogP contribution is 2.42. The fourth-order valence-electron chi connectivity index (χ4n) is 2.72. The molecule has 1 aliphatic heterocycles. The smallest absolute Gasteiger partial charge is 0.261 e. The van der Waals surface area contributed by atoms with Crippen LogP contribution in [0.3, 0.4) is 0 Å². The second kappa shape index (κ2) is 5.81. The van der Waals surface area contributed by atoms with E-state index in [2.05, 4.69) is 4.98 Å². The topological polar surface area (TPSA) is 25.4 Å². The van der Waals surface area contributed by atoms with Gasteiger partial charge in [0.25, 0.3) is 5.88 Å². The average molecular weight is 326 g/mol. The van der Waals surface area contributed by atoms with Crippen LogP contribution in [0.25, 0.3) is 0 Å². The number of hydrogen-bond donors (Lipinski definition) is 0. The van der Waals surface area contributed by atoms with Gasteiger partial charge in [-0.2, -0.15) is 13.8 Å². The lowest BCUT2D eigenvalue weighted by molar-refractivity contribution is 0.00734. The molecule has 0 amide bonds. The molecule has 2 aromatic rings. The fourth-order valence-corrected chi connectivity index (χ4v) is 2.72. The Bertz CT molecular complexity index is 726. The average Bonchev–Trinajstić information content (AvgIpc) is 2.85. The van der Waals surface area contributed by atoms with Gasteiger partial charge in [-0.3, -0.25) is 4.90 Å². The summed E-state index contributed by atoms with van der Waals surface area (Å²) in [6, 6.07) is 7.87. The summed E-state index contributed by atoms with van der Waals surface area (Å²) >= 11 is 0. The number of likely N-dealkylation sites (tertiary alicyclic amines) is 1. The Morgan fingerprint density at radius 3 is 2.43 bits per heavy atom. The van der Waals surface area contributed by atoms with Gasteiger partial charge in [0, 0.05) is 13.0 Å². The Labute approximate surface area is 130 Å². The van der Waals surface area contributed by atoms with E-state index in [1.54, 1.807) is 18.2 Å². The summed E-state index contributed by atoms with van der Waals surface area (Å²) in [5.41, 5.74) is -1.00. The molecule has 7 heteroatoms. The van der Waals surface area contributed by atoms with Crippen LogP contribution >= 0.6 is 0 Å². The summed E-state index contributed by atoms with van der Waals surface area (Å²) < 4.78 is 62.6. The molecule has 0 spiro atoms. The molecule has 1 aliphatic rings. The van der Waals surface area contributed by atoms with E-state index in [0.717, 1.165) is 4.90 Å². The van der Waals surface area contributed by atoms with Crippen LogP contribution in [0.2, 0.25) is 0 Å². The van der Waals surface area contributed by atoms with E-state index >= 15 is 0 Å². The van der Waals surface area contributed by atoms with Gasteiger partial charge in [-0.05, 0) is 25.6 Å². The first-order chi connectivity index (χ1) is 10.9. The molecular weight excluding hydrogens is 312 g/mol. The van der Waals surface area contributed by atoms with Crippen molar-refractivity contribution in [2.75, 3.05) is 13.6 Å². The van der Waals surface area contributed by atoms with Crippen LogP contribution in [0.15, 0.2) is 30.3 Å². The zero-order valence-electron chi connectivity index (χ0n) is 12.3. The predicted octanol–water partition coefficient (Wildman–Crippen LogP) is 4.14. The summed E-state index contributed by atoms with van der Waals surface area (Å²) in [6.45, 7) is 0.319. The van der Waals surface area contributed by atoms with Crippen LogP contribution in [0.5, 0.6) is 11.6 Å². The van der Waals surface area contributed by atoms with Crippen LogP contribution in [0.1, 0.15) is 18.4 Å². The number of para-hydroxylation sites is 1. The zero-order chi connectivity index (χ0) is 16.6. The van der Waals surface area contributed by atoms with Crippen molar-refractivity contribution in [3.05, 3.63) is 53.5 Å². The Morgan fingerprint density at radius 2 is 1.83 bits per heavy atom. The molecule has 1 aromatic heterocycles. The molecule has 0 bridgehead atoms. The fraction of sp³-hybridized carbons (Fsp3) is 0.312. The SMILES string of the molecule is CN1CCCC1(F)c1c(F)nc(Oc2ccccc2)c(F)c1F. The molecule has 1 saturated heterocycles. The largest absolute Gasteiger partial charge is 0.436 e. The van der Waals surface area contributed by atoms with Gasteiger partial charge in [0.15, 0.2) is 11.6 Å². The number of alkyl halides is 1. The van der Waals surface area contributed by atoms with Crippen molar-refractivity contribution in [2.45, 2.75) is 18.6 Å². The minimum Gasteiger partial charge on any atom is -0.436 e. The highest BCUT2D eigenvalue weighted by Gasteiger charge is 2.46. The van der Waals surface area contributed by atoms with E-state index in [-0.39, 0.29) is 12.2 Å². The lowest BCUT2D eigenvalue weighted by Crippen LogP contribution is -2.36. The van der Waals surface area contributed by atoms with E-state index in [9.17, 15) is 17.6 Å². The van der Waals surface area contributed by atoms with Crippen molar-refractivity contribution in [2.24, 2.45) is 0 Å². The third-order valence-corrected chi connectivity index (χ3v) is 3.95. The maximum Gasteiger partial charge on any atom is 0.261 e. The minimum absolute atomic E-state index is 0.128. The van der Waals surface area contributed by atoms with Gasteiger partial charge in [0.05, 0.1) is 5.56 Å². The Morgan fingerprint density at radius 1 is 1.13 bits per heavy atom. The van der Waals surface area contributed by atoms with Crippen molar-refractivity contribution >= 4 is 0 Å². The third-order valence-electron chi connectivity index (χ3n) is 3.95. The number of halogens is 4. The molecule has 0 aliphatic carbocycles. The molecule has 1 fully saturated rings. The lowest BCUT2D eigenvalue weighted by Gasteiger charge is -2.28. The molecule has 3 rings (SSSR count). The first-order valence-corrected chi connectivity index (χ1v) is 7.11. The van der Waals surface area contributed by atoms with Crippen LogP contribution in [0, 0.1) is 17.6 Å². The van der Waals surface area contributed by atoms with E-state index in [1.165, 1.54) is 19.2 Å². The molecule has 122 valence electrons. The number of rotatable bonds is 3. The predicted molar refractivity (Wildman–Crippen MR) is 75.3 cm³/mol. The van der Waals surface area contributed by atoms with Gasteiger partial charge in [0.1, 0.15) is 5.75 Å². The van der Waals surface area contributed by atoms with Crippen LogP contribution in [0.4, 0.5) is 17.6 Å². The second-order valence-corrected chi connectivity index (χ2v) is 5.41. The molecule has 0 radical (unpaired) electrons. The van der Waals surface area contributed by atoms with Gasteiger partial charge in [-0.25, -0.2) is 8.78 Å². The third kappa shape index (κ3) is 2.65. The molecule has 1 atom stereocenters. The van der Waals surface area contributed by atoms with Gasteiger partial charge in [-0.1, -0.05) is 18.2 Å².